The van der Waals surface area contributed by atoms with E-state index in [0.29, 0.717) is 24.2 Å². The fraction of sp³-hybridized carbons (Fsp3) is 0.353. The van der Waals surface area contributed by atoms with Gasteiger partial charge in [-0.15, -0.1) is 0 Å². The number of amides is 1. The summed E-state index contributed by atoms with van der Waals surface area (Å²) >= 11 is 0. The lowest BCUT2D eigenvalue weighted by Crippen LogP contribution is -2.36. The van der Waals surface area contributed by atoms with Gasteiger partial charge in [0.25, 0.3) is 5.91 Å². The third kappa shape index (κ3) is 2.90. The van der Waals surface area contributed by atoms with Gasteiger partial charge in [0, 0.05) is 18.9 Å². The molecule has 1 fully saturated rings. The number of carboxylic acid groups (broad SMARTS) is 1. The van der Waals surface area contributed by atoms with Crippen molar-refractivity contribution >= 4 is 17.7 Å². The second kappa shape index (κ2) is 5.80. The molecular weight excluding hydrogens is 322 g/mol. The first-order valence-corrected chi connectivity index (χ1v) is 8.19. The first-order valence-electron chi connectivity index (χ1n) is 8.19. The molecule has 3 heterocycles. The molecule has 3 N–H and O–H groups in total. The van der Waals surface area contributed by atoms with E-state index in [0.717, 1.165) is 30.8 Å². The maximum atomic E-state index is 12.6. The number of hydrogen-bond acceptors (Lipinski definition) is 6. The first-order chi connectivity index (χ1) is 12.1. The van der Waals surface area contributed by atoms with E-state index in [1.807, 2.05) is 6.07 Å². The number of aromatic carboxylic acids is 1. The number of rotatable bonds is 4. The van der Waals surface area contributed by atoms with Crippen molar-refractivity contribution in [3.8, 4) is 0 Å². The van der Waals surface area contributed by atoms with E-state index in [-0.39, 0.29) is 11.6 Å². The zero-order valence-electron chi connectivity index (χ0n) is 13.5. The third-order valence-corrected chi connectivity index (χ3v) is 4.55. The van der Waals surface area contributed by atoms with Gasteiger partial charge < -0.3 is 15.7 Å². The van der Waals surface area contributed by atoms with Gasteiger partial charge in [0.2, 0.25) is 0 Å². The molecule has 0 aromatic carbocycles. The topological polar surface area (TPSA) is 117 Å². The van der Waals surface area contributed by atoms with E-state index in [1.165, 1.54) is 12.3 Å². The van der Waals surface area contributed by atoms with Crippen molar-refractivity contribution in [3.05, 3.63) is 47.2 Å². The minimum absolute atomic E-state index is 0.0768. The van der Waals surface area contributed by atoms with Crippen LogP contribution in [0.15, 0.2) is 24.5 Å². The lowest BCUT2D eigenvalue weighted by molar-refractivity contribution is 0.0689. The number of aromatic nitrogens is 3. The Morgan fingerprint density at radius 3 is 2.88 bits per heavy atom. The van der Waals surface area contributed by atoms with Crippen LogP contribution in [0, 0.1) is 0 Å². The van der Waals surface area contributed by atoms with Crippen LogP contribution in [0.5, 0.6) is 0 Å². The van der Waals surface area contributed by atoms with E-state index in [2.05, 4.69) is 25.6 Å². The van der Waals surface area contributed by atoms with Crippen LogP contribution in [0.4, 0.5) is 5.82 Å². The van der Waals surface area contributed by atoms with E-state index in [4.69, 9.17) is 5.11 Å². The zero-order valence-corrected chi connectivity index (χ0v) is 13.5. The smallest absolute Gasteiger partial charge is 0.354 e. The summed E-state index contributed by atoms with van der Waals surface area (Å²) in [6.07, 6.45) is 6.23. The Hall–Kier alpha value is -3.03. The van der Waals surface area contributed by atoms with Crippen molar-refractivity contribution in [2.45, 2.75) is 31.2 Å². The summed E-state index contributed by atoms with van der Waals surface area (Å²) in [5.74, 6) is -0.186. The molecule has 128 valence electrons. The molecule has 0 saturated heterocycles. The summed E-state index contributed by atoms with van der Waals surface area (Å²) in [5, 5.41) is 15.2. The van der Waals surface area contributed by atoms with Gasteiger partial charge in [-0.25, -0.2) is 19.7 Å². The summed E-state index contributed by atoms with van der Waals surface area (Å²) in [6, 6.07) is 3.19. The second-order valence-electron chi connectivity index (χ2n) is 6.37. The summed E-state index contributed by atoms with van der Waals surface area (Å²) in [5.41, 5.74) is 0.763. The molecular formula is C17H17N5O3. The highest BCUT2D eigenvalue weighted by Gasteiger charge is 2.49. The van der Waals surface area contributed by atoms with Crippen LogP contribution >= 0.6 is 0 Å². The monoisotopic (exact) mass is 339 g/mol. The molecule has 8 heteroatoms. The number of carbonyl (C=O) groups excluding carboxylic acids is 1. The Morgan fingerprint density at radius 2 is 2.12 bits per heavy atom. The fourth-order valence-corrected chi connectivity index (χ4v) is 3.00. The molecule has 0 unspecified atom stereocenters. The Labute approximate surface area is 143 Å². The Bertz CT molecular complexity index is 863. The number of fused-ring (bicyclic) bond motifs is 1. The highest BCUT2D eigenvalue weighted by molar-refractivity contribution is 5.95. The normalized spacial score (nSPS) is 17.1. The number of nitrogens with zero attached hydrogens (tertiary/aromatic N) is 3. The van der Waals surface area contributed by atoms with Crippen molar-refractivity contribution in [1.82, 2.24) is 20.3 Å². The van der Waals surface area contributed by atoms with Crippen LogP contribution < -0.4 is 10.6 Å². The third-order valence-electron chi connectivity index (χ3n) is 4.55. The Kier molecular flexibility index (Phi) is 3.60. The van der Waals surface area contributed by atoms with Gasteiger partial charge >= 0.3 is 5.97 Å². The predicted molar refractivity (Wildman–Crippen MR) is 88.4 cm³/mol. The van der Waals surface area contributed by atoms with Crippen LogP contribution in [0.2, 0.25) is 0 Å². The van der Waals surface area contributed by atoms with Gasteiger partial charge in [-0.3, -0.25) is 4.79 Å². The predicted octanol–water partition coefficient (Wildman–Crippen LogP) is 1.35. The van der Waals surface area contributed by atoms with Crippen LogP contribution in [-0.4, -0.2) is 38.5 Å². The molecule has 1 aliphatic carbocycles. The van der Waals surface area contributed by atoms with E-state index in [1.54, 1.807) is 6.20 Å². The van der Waals surface area contributed by atoms with Gasteiger partial charge in [0.15, 0.2) is 11.5 Å². The molecule has 2 aromatic rings. The SMILES string of the molecule is O=C(NC1(c2nccc(C(=O)O)n2)CC1)c1cnc2c(c1)CCCN2. The van der Waals surface area contributed by atoms with E-state index < -0.39 is 11.5 Å². The molecule has 1 aliphatic heterocycles. The molecule has 4 rings (SSSR count). The van der Waals surface area contributed by atoms with Crippen molar-refractivity contribution < 1.29 is 14.7 Å². The summed E-state index contributed by atoms with van der Waals surface area (Å²) < 4.78 is 0. The molecule has 1 amide bonds. The van der Waals surface area contributed by atoms with Crippen LogP contribution in [0.1, 0.15) is 51.5 Å². The Morgan fingerprint density at radius 1 is 1.28 bits per heavy atom. The molecule has 0 spiro atoms. The zero-order chi connectivity index (χ0) is 17.4. The highest BCUT2D eigenvalue weighted by atomic mass is 16.4. The van der Waals surface area contributed by atoms with Gasteiger partial charge in [-0.2, -0.15) is 0 Å². The van der Waals surface area contributed by atoms with Crippen molar-refractivity contribution in [3.63, 3.8) is 0 Å². The summed E-state index contributed by atoms with van der Waals surface area (Å²) in [7, 11) is 0. The largest absolute Gasteiger partial charge is 0.477 e. The van der Waals surface area contributed by atoms with Gasteiger partial charge in [-0.1, -0.05) is 0 Å². The average Bonchev–Trinajstić information content (AvgIpc) is 3.42. The lowest BCUT2D eigenvalue weighted by atomic mass is 10.0. The van der Waals surface area contributed by atoms with Crippen LogP contribution in [-0.2, 0) is 12.0 Å². The van der Waals surface area contributed by atoms with Crippen molar-refractivity contribution in [2.24, 2.45) is 0 Å². The standard InChI is InChI=1S/C17H17N5O3/c23-14(11-8-10-2-1-6-18-13(10)20-9-11)22-17(4-5-17)16-19-7-3-12(21-16)15(24)25/h3,7-9H,1-2,4-6H2,(H,18,20)(H,22,23)(H,24,25). The number of anilines is 1. The van der Waals surface area contributed by atoms with Gasteiger partial charge in [-0.05, 0) is 43.4 Å². The molecule has 0 atom stereocenters. The second-order valence-corrected chi connectivity index (χ2v) is 6.37. The molecule has 0 bridgehead atoms. The summed E-state index contributed by atoms with van der Waals surface area (Å²) in [6.45, 7) is 0.895. The average molecular weight is 339 g/mol. The molecule has 0 radical (unpaired) electrons. The number of nitrogens with one attached hydrogen (secondary N) is 2. The first kappa shape index (κ1) is 15.5. The number of hydrogen-bond donors (Lipinski definition) is 3. The molecule has 25 heavy (non-hydrogen) atoms. The van der Waals surface area contributed by atoms with Gasteiger partial charge in [0.05, 0.1) is 5.56 Å². The minimum Gasteiger partial charge on any atom is -0.477 e. The molecule has 2 aromatic heterocycles. The Balaban J connectivity index is 1.56. The maximum Gasteiger partial charge on any atom is 0.354 e. The number of aryl methyl sites for hydroxylation is 1. The minimum atomic E-state index is -1.11. The van der Waals surface area contributed by atoms with Gasteiger partial charge in [0.1, 0.15) is 11.4 Å². The molecule has 8 nitrogen and oxygen atoms in total. The van der Waals surface area contributed by atoms with Crippen molar-refractivity contribution in [1.29, 1.82) is 0 Å². The molecule has 2 aliphatic rings. The lowest BCUT2D eigenvalue weighted by Gasteiger charge is -2.19. The van der Waals surface area contributed by atoms with Crippen molar-refractivity contribution in [2.75, 3.05) is 11.9 Å². The maximum absolute atomic E-state index is 12.6. The quantitative estimate of drug-likeness (QED) is 0.769. The van der Waals surface area contributed by atoms with E-state index in [9.17, 15) is 9.59 Å². The number of carboxylic acids is 1. The summed E-state index contributed by atoms with van der Waals surface area (Å²) in [4.78, 5) is 36.3. The number of carbonyl (C=O) groups is 2. The van der Waals surface area contributed by atoms with Crippen LogP contribution in [0.3, 0.4) is 0 Å². The van der Waals surface area contributed by atoms with Crippen LogP contribution in [0.25, 0.3) is 0 Å². The van der Waals surface area contributed by atoms with E-state index >= 15 is 0 Å². The number of pyridine rings is 1. The highest BCUT2D eigenvalue weighted by Crippen LogP contribution is 2.44. The fourth-order valence-electron chi connectivity index (χ4n) is 3.00. The molecule has 1 saturated carbocycles.